The Labute approximate surface area is 64.7 Å². The Hall–Kier alpha value is -1.51. The normalized spacial score (nSPS) is 15.8. The van der Waals surface area contributed by atoms with E-state index in [0.717, 1.165) is 0 Å². The molecule has 1 aromatic rings. The number of carboxylic acid groups (broad SMARTS) is 1. The molecule has 0 aliphatic carbocycles. The summed E-state index contributed by atoms with van der Waals surface area (Å²) in [5.74, 6) is -2.25. The monoisotopic (exact) mass is 143 g/mol. The molecule has 0 aromatic heterocycles. The van der Waals surface area contributed by atoms with E-state index in [0.29, 0.717) is 0 Å². The van der Waals surface area contributed by atoms with Crippen molar-refractivity contribution < 1.29 is 20.5 Å². The highest BCUT2D eigenvalue weighted by atomic mass is 16.4. The lowest BCUT2D eigenvalue weighted by molar-refractivity contribution is 0.0694. The van der Waals surface area contributed by atoms with Gasteiger partial charge in [0.05, 0.1) is 5.48 Å². The average Bonchev–Trinajstić information content (AvgIpc) is 2.19. The number of carbonyl (C=O) groups is 1. The van der Waals surface area contributed by atoms with Gasteiger partial charge in [-0.05, 0) is 12.1 Å². The van der Waals surface area contributed by atoms with Crippen LogP contribution in [0.3, 0.4) is 0 Å². The van der Waals surface area contributed by atoms with Gasteiger partial charge in [0, 0.05) is 0 Å². The van der Waals surface area contributed by atoms with Crippen LogP contribution in [0.15, 0.2) is 24.2 Å². The fraction of sp³-hybridized carbons (Fsp3) is 0. The molecule has 0 heterocycles. The lowest BCUT2D eigenvalue weighted by atomic mass is 10.2. The van der Waals surface area contributed by atoms with Gasteiger partial charge in [0.2, 0.25) is 0 Å². The highest BCUT2D eigenvalue weighted by Gasteiger charge is 2.05. The Kier molecular flexibility index (Phi) is 0.625. The molecule has 0 spiro atoms. The summed E-state index contributed by atoms with van der Waals surface area (Å²) in [5.41, 5.74) is -0.740. The minimum absolute atomic E-state index is 0.632. The highest BCUT2D eigenvalue weighted by molar-refractivity contribution is 5.90. The van der Waals surface area contributed by atoms with Crippen molar-refractivity contribution in [3.8, 4) is 5.75 Å². The summed E-state index contributed by atoms with van der Waals surface area (Å²) >= 11 is 0. The Morgan fingerprint density at radius 1 is 1.60 bits per heavy atom. The second-order valence-corrected chi connectivity index (χ2v) is 1.51. The molecule has 2 N–H and O–H groups in total. The summed E-state index contributed by atoms with van der Waals surface area (Å²) in [6, 6.07) is -2.71. The molecule has 3 heteroatoms. The molecule has 0 aliphatic heterocycles. The Balaban J connectivity index is 3.70. The van der Waals surface area contributed by atoms with E-state index in [1.54, 1.807) is 0 Å². The van der Waals surface area contributed by atoms with Gasteiger partial charge in [0.1, 0.15) is 11.3 Å². The molecule has 0 bridgehead atoms. The second kappa shape index (κ2) is 2.39. The quantitative estimate of drug-likeness (QED) is 0.651. The van der Waals surface area contributed by atoms with E-state index in [2.05, 4.69) is 5.11 Å². The van der Waals surface area contributed by atoms with Gasteiger partial charge >= 0.3 is 5.97 Å². The zero-order valence-electron chi connectivity index (χ0n) is 9.76. The smallest absolute Gasteiger partial charge is 0.339 e. The third-order valence-corrected chi connectivity index (χ3v) is 0.867. The van der Waals surface area contributed by atoms with E-state index in [4.69, 9.17) is 12.0 Å². The number of para-hydroxylation sites is 1. The van der Waals surface area contributed by atoms with Gasteiger partial charge in [0.15, 0.2) is 0 Å². The topological polar surface area (TPSA) is 57.5 Å². The molecule has 0 radical (unpaired) electrons. The van der Waals surface area contributed by atoms with Crippen molar-refractivity contribution >= 4 is 5.97 Å². The van der Waals surface area contributed by atoms with Gasteiger partial charge in [-0.25, -0.2) is 4.79 Å². The molecule has 52 valence electrons. The molecule has 0 aliphatic rings. The SMILES string of the molecule is [2H]Oc1c([2H])c([2H])c([2H])c([2H])c1C(=O)O. The summed E-state index contributed by atoms with van der Waals surface area (Å²) in [4.78, 5) is 10.7. The number of aromatic carboxylic acids is 1. The molecule has 1 aromatic carbocycles. The number of carboxylic acids is 1. The van der Waals surface area contributed by atoms with E-state index >= 15 is 0 Å². The molecular formula is C7H6O3. The Morgan fingerprint density at radius 2 is 2.30 bits per heavy atom. The maximum absolute atomic E-state index is 10.7. The van der Waals surface area contributed by atoms with Gasteiger partial charge in [-0.3, -0.25) is 0 Å². The Bertz CT molecular complexity index is 431. The van der Waals surface area contributed by atoms with Gasteiger partial charge in [0.25, 0.3) is 1.43 Å². The predicted molar refractivity (Wildman–Crippen MR) is 35.1 cm³/mol. The molecule has 1 rings (SSSR count). The number of phenols is 1. The van der Waals surface area contributed by atoms with Crippen LogP contribution < -0.4 is 0 Å². The first-order valence-corrected chi connectivity index (χ1v) is 2.38. The predicted octanol–water partition coefficient (Wildman–Crippen LogP) is 1.09. The van der Waals surface area contributed by atoms with Crippen molar-refractivity contribution in [2.24, 2.45) is 0 Å². The number of hydrogen-bond donors (Lipinski definition) is 2. The molecule has 10 heavy (non-hydrogen) atoms. The van der Waals surface area contributed by atoms with Crippen molar-refractivity contribution in [3.63, 3.8) is 0 Å². The summed E-state index contributed by atoms with van der Waals surface area (Å²) in [6.45, 7) is 0. The van der Waals surface area contributed by atoms with E-state index in [9.17, 15) is 4.79 Å². The van der Waals surface area contributed by atoms with Crippen LogP contribution in [-0.2, 0) is 0 Å². The molecular weight excluding hydrogens is 132 g/mol. The zero-order chi connectivity index (χ0) is 11.7. The molecule has 0 atom stereocenters. The van der Waals surface area contributed by atoms with Gasteiger partial charge in [-0.15, -0.1) is 0 Å². The van der Waals surface area contributed by atoms with Crippen LogP contribution in [0.2, 0.25) is 0 Å². The second-order valence-electron chi connectivity index (χ2n) is 1.51. The van der Waals surface area contributed by atoms with Crippen molar-refractivity contribution in [3.05, 3.63) is 29.7 Å². The molecule has 0 amide bonds. The number of rotatable bonds is 2. The summed E-state index contributed by atoms with van der Waals surface area (Å²) < 4.78 is 35.5. The number of aromatic hydroxyl groups is 1. The lowest BCUT2D eigenvalue weighted by Gasteiger charge is -1.95. The minimum atomic E-state index is -1.57. The first kappa shape index (κ1) is 2.62. The van der Waals surface area contributed by atoms with Crippen LogP contribution in [0.1, 0.15) is 15.8 Å². The standard InChI is InChI=1S/C7H6O3/c8-6-4-2-1-3-5(6)7(9)10/h1-4,8H,(H,9,10)/i1D,2D,3D,4D/hD. The fourth-order valence-electron chi connectivity index (χ4n) is 0.452. The van der Waals surface area contributed by atoms with Gasteiger partial charge in [-0.1, -0.05) is 12.1 Å². The van der Waals surface area contributed by atoms with Crippen LogP contribution in [0.5, 0.6) is 5.75 Å². The fourth-order valence-corrected chi connectivity index (χ4v) is 0.452. The largest absolute Gasteiger partial charge is 0.507 e. The summed E-state index contributed by atoms with van der Waals surface area (Å²) in [5, 5.41) is 12.6. The maximum Gasteiger partial charge on any atom is 0.339 e. The van der Waals surface area contributed by atoms with Crippen molar-refractivity contribution in [1.29, 1.82) is 1.43 Å². The van der Waals surface area contributed by atoms with Gasteiger partial charge in [-0.2, -0.15) is 0 Å². The first-order chi connectivity index (χ1) is 6.91. The number of benzene rings is 1. The molecule has 3 nitrogen and oxygen atoms in total. The molecule has 0 unspecified atom stereocenters. The van der Waals surface area contributed by atoms with E-state index in [1.807, 2.05) is 0 Å². The van der Waals surface area contributed by atoms with E-state index in [1.165, 1.54) is 0 Å². The molecule has 0 saturated heterocycles. The van der Waals surface area contributed by atoms with Crippen LogP contribution in [0, 0.1) is 0 Å². The zero-order valence-corrected chi connectivity index (χ0v) is 4.76. The summed E-state index contributed by atoms with van der Waals surface area (Å²) in [6.07, 6.45) is 0. The maximum atomic E-state index is 10.7. The van der Waals surface area contributed by atoms with Crippen LogP contribution in [0.4, 0.5) is 0 Å². The average molecular weight is 143 g/mol. The van der Waals surface area contributed by atoms with Gasteiger partial charge < -0.3 is 10.2 Å². The van der Waals surface area contributed by atoms with Crippen molar-refractivity contribution in [2.45, 2.75) is 0 Å². The van der Waals surface area contributed by atoms with E-state index in [-0.39, 0.29) is 0 Å². The highest BCUT2D eigenvalue weighted by Crippen LogP contribution is 2.14. The van der Waals surface area contributed by atoms with Crippen LogP contribution >= 0.6 is 0 Å². The van der Waals surface area contributed by atoms with Crippen LogP contribution in [0.25, 0.3) is 0 Å². The Morgan fingerprint density at radius 3 is 2.90 bits per heavy atom. The molecule has 0 fully saturated rings. The third-order valence-electron chi connectivity index (χ3n) is 0.867. The van der Waals surface area contributed by atoms with Crippen LogP contribution in [-0.4, -0.2) is 17.6 Å². The van der Waals surface area contributed by atoms with E-state index < -0.39 is 41.5 Å². The minimum Gasteiger partial charge on any atom is -0.507 e. The van der Waals surface area contributed by atoms with Crippen molar-refractivity contribution in [2.75, 3.05) is 0 Å². The first-order valence-electron chi connectivity index (χ1n) is 4.79. The summed E-state index contributed by atoms with van der Waals surface area (Å²) in [7, 11) is 0. The lowest BCUT2D eigenvalue weighted by Crippen LogP contribution is -1.95. The molecule has 0 saturated carbocycles. The van der Waals surface area contributed by atoms with Crippen molar-refractivity contribution in [1.82, 2.24) is 0 Å². The third kappa shape index (κ3) is 1.07. The number of hydrogen-bond acceptors (Lipinski definition) is 2.